The zero-order chi connectivity index (χ0) is 42.2. The van der Waals surface area contributed by atoms with E-state index in [-0.39, 0.29) is 10.8 Å². The molecular weight excluding hydrogens is 735 g/mol. The van der Waals surface area contributed by atoms with Gasteiger partial charge in [-0.2, -0.15) is 0 Å². The van der Waals surface area contributed by atoms with Crippen LogP contribution < -0.4 is 4.90 Å². The molecule has 1 aliphatic carbocycles. The number of fused-ring (bicyclic) bond motifs is 6. The Bertz CT molecular complexity index is 3110. The van der Waals surface area contributed by atoms with E-state index in [9.17, 15) is 0 Å². The summed E-state index contributed by atoms with van der Waals surface area (Å²) in [4.78, 5) is 2.45. The third-order valence-corrected chi connectivity index (χ3v) is 12.9. The molecule has 0 heterocycles. The van der Waals surface area contributed by atoms with Crippen molar-refractivity contribution in [3.8, 4) is 55.6 Å². The minimum Gasteiger partial charge on any atom is -0.310 e. The van der Waals surface area contributed by atoms with Gasteiger partial charge in [-0.3, -0.25) is 0 Å². The highest BCUT2D eigenvalue weighted by atomic mass is 15.1. The van der Waals surface area contributed by atoms with Gasteiger partial charge in [-0.1, -0.05) is 157 Å². The Kier molecular flexibility index (Phi) is 9.15. The van der Waals surface area contributed by atoms with Crippen LogP contribution in [0.2, 0.25) is 0 Å². The summed E-state index contributed by atoms with van der Waals surface area (Å²) in [6, 6.07) is 66.2. The summed E-state index contributed by atoms with van der Waals surface area (Å²) in [5.74, 6) is 0. The number of hydrogen-bond donors (Lipinski definition) is 0. The SMILES string of the molecule is Cc1cccc(C)c1N(c1cccc(-c2ccccc2)c1)c1ccc2cc3c(cc2c1)-c1cc2cc(-c4ccc(C(C)(C)C)cc4)c(-c4ccc(C(C)(C)C)cc4)cc2cc1-3. The molecule has 0 aliphatic heterocycles. The summed E-state index contributed by atoms with van der Waals surface area (Å²) in [5.41, 5.74) is 21.7. The van der Waals surface area contributed by atoms with Gasteiger partial charge < -0.3 is 4.90 Å². The lowest BCUT2D eigenvalue weighted by Crippen LogP contribution is -2.13. The van der Waals surface area contributed by atoms with E-state index < -0.39 is 0 Å². The third-order valence-electron chi connectivity index (χ3n) is 12.9. The number of nitrogens with zero attached hydrogens (tertiary/aromatic N) is 1. The maximum atomic E-state index is 2.45. The lowest BCUT2D eigenvalue weighted by Gasteiger charge is -2.30. The third kappa shape index (κ3) is 6.93. The average Bonchev–Trinajstić information content (AvgIpc) is 3.26. The molecule has 10 rings (SSSR count). The van der Waals surface area contributed by atoms with Crippen LogP contribution in [-0.4, -0.2) is 0 Å². The lowest BCUT2D eigenvalue weighted by atomic mass is 9.77. The van der Waals surface area contributed by atoms with Crippen molar-refractivity contribution in [3.05, 3.63) is 198 Å². The van der Waals surface area contributed by atoms with Crippen LogP contribution in [0.4, 0.5) is 17.1 Å². The summed E-state index contributed by atoms with van der Waals surface area (Å²) in [6.07, 6.45) is 0. The Balaban J connectivity index is 1.08. The van der Waals surface area contributed by atoms with Gasteiger partial charge in [0.1, 0.15) is 0 Å². The minimum absolute atomic E-state index is 0.0966. The fourth-order valence-corrected chi connectivity index (χ4v) is 9.40. The van der Waals surface area contributed by atoms with E-state index in [0.717, 1.165) is 11.4 Å². The monoisotopic (exact) mass is 787 g/mol. The molecule has 9 aromatic rings. The van der Waals surface area contributed by atoms with Crippen LogP contribution >= 0.6 is 0 Å². The highest BCUT2D eigenvalue weighted by Gasteiger charge is 2.26. The lowest BCUT2D eigenvalue weighted by molar-refractivity contribution is 0.590. The maximum Gasteiger partial charge on any atom is 0.0519 e. The molecule has 0 saturated carbocycles. The Morgan fingerprint density at radius 1 is 0.311 bits per heavy atom. The number of rotatable bonds is 6. The van der Waals surface area contributed by atoms with Crippen molar-refractivity contribution in [3.63, 3.8) is 0 Å². The van der Waals surface area contributed by atoms with E-state index in [1.165, 1.54) is 105 Å². The van der Waals surface area contributed by atoms with Gasteiger partial charge in [0.15, 0.2) is 0 Å². The van der Waals surface area contributed by atoms with Gasteiger partial charge in [0, 0.05) is 11.4 Å². The molecule has 0 aromatic heterocycles. The summed E-state index contributed by atoms with van der Waals surface area (Å²) < 4.78 is 0. The Morgan fingerprint density at radius 3 is 1.25 bits per heavy atom. The zero-order valence-electron chi connectivity index (χ0n) is 36.7. The summed E-state index contributed by atoms with van der Waals surface area (Å²) in [5, 5.41) is 5.03. The molecule has 0 radical (unpaired) electrons. The van der Waals surface area contributed by atoms with Crippen molar-refractivity contribution in [2.75, 3.05) is 4.90 Å². The van der Waals surface area contributed by atoms with Crippen LogP contribution in [-0.2, 0) is 10.8 Å². The maximum absolute atomic E-state index is 2.45. The number of benzene rings is 9. The van der Waals surface area contributed by atoms with Crippen molar-refractivity contribution >= 4 is 38.6 Å². The molecule has 0 fully saturated rings. The molecule has 61 heavy (non-hydrogen) atoms. The van der Waals surface area contributed by atoms with Crippen LogP contribution in [0.3, 0.4) is 0 Å². The molecule has 0 spiro atoms. The fourth-order valence-electron chi connectivity index (χ4n) is 9.40. The van der Waals surface area contributed by atoms with Crippen molar-refractivity contribution in [1.29, 1.82) is 0 Å². The van der Waals surface area contributed by atoms with E-state index in [1.807, 2.05) is 0 Å². The first-order valence-corrected chi connectivity index (χ1v) is 21.7. The van der Waals surface area contributed by atoms with Crippen molar-refractivity contribution in [1.82, 2.24) is 0 Å². The molecule has 0 N–H and O–H groups in total. The fraction of sp³-hybridized carbons (Fsp3) is 0.167. The van der Waals surface area contributed by atoms with Gasteiger partial charge in [-0.05, 0) is 185 Å². The first kappa shape index (κ1) is 38.5. The standard InChI is InChI=1S/C60H53N/c1-38-14-12-15-39(2)58(38)61(50-19-13-18-43(30-50)40-16-10-9-11-17-40)51-29-24-44-32-54-55(35-45(44)31-51)57-37-47-34-53(42-22-27-49(28-23-42)60(6,7)8)52(33-46(47)36-56(54)57)41-20-25-48(26-21-41)59(3,4)5/h9-37H,1-8H3. The van der Waals surface area contributed by atoms with Crippen LogP contribution in [0.25, 0.3) is 77.2 Å². The van der Waals surface area contributed by atoms with Gasteiger partial charge in [-0.15, -0.1) is 0 Å². The van der Waals surface area contributed by atoms with Gasteiger partial charge >= 0.3 is 0 Å². The van der Waals surface area contributed by atoms with E-state index >= 15 is 0 Å². The van der Waals surface area contributed by atoms with E-state index in [4.69, 9.17) is 0 Å². The second kappa shape index (κ2) is 14.5. The van der Waals surface area contributed by atoms with Crippen molar-refractivity contribution in [2.45, 2.75) is 66.2 Å². The Morgan fingerprint density at radius 2 is 0.738 bits per heavy atom. The van der Waals surface area contributed by atoms with Gasteiger partial charge in [-0.25, -0.2) is 0 Å². The smallest absolute Gasteiger partial charge is 0.0519 e. The van der Waals surface area contributed by atoms with E-state index in [0.29, 0.717) is 0 Å². The van der Waals surface area contributed by atoms with Crippen molar-refractivity contribution < 1.29 is 0 Å². The molecule has 1 heteroatoms. The molecule has 1 aliphatic rings. The van der Waals surface area contributed by atoms with E-state index in [2.05, 4.69) is 236 Å². The van der Waals surface area contributed by atoms with Gasteiger partial charge in [0.05, 0.1) is 5.69 Å². The van der Waals surface area contributed by atoms with Crippen LogP contribution in [0.1, 0.15) is 63.8 Å². The van der Waals surface area contributed by atoms with Crippen LogP contribution in [0.15, 0.2) is 176 Å². The van der Waals surface area contributed by atoms with Gasteiger partial charge in [0.2, 0.25) is 0 Å². The molecule has 0 bridgehead atoms. The zero-order valence-corrected chi connectivity index (χ0v) is 36.7. The average molecular weight is 788 g/mol. The highest BCUT2D eigenvalue weighted by molar-refractivity contribution is 6.13. The predicted molar refractivity (Wildman–Crippen MR) is 264 cm³/mol. The Hall–Kier alpha value is -6.70. The quantitative estimate of drug-likeness (QED) is 0.162. The van der Waals surface area contributed by atoms with E-state index in [1.54, 1.807) is 0 Å². The van der Waals surface area contributed by atoms with Crippen molar-refractivity contribution in [2.24, 2.45) is 0 Å². The highest BCUT2D eigenvalue weighted by Crippen LogP contribution is 2.52. The van der Waals surface area contributed by atoms with Crippen LogP contribution in [0.5, 0.6) is 0 Å². The summed E-state index contributed by atoms with van der Waals surface area (Å²) in [7, 11) is 0. The first-order chi connectivity index (χ1) is 29.3. The minimum atomic E-state index is 0.0966. The van der Waals surface area contributed by atoms with Gasteiger partial charge in [0.25, 0.3) is 0 Å². The molecule has 0 unspecified atom stereocenters. The predicted octanol–water partition coefficient (Wildman–Crippen LogP) is 17.3. The summed E-state index contributed by atoms with van der Waals surface area (Å²) >= 11 is 0. The molecule has 1 nitrogen and oxygen atoms in total. The number of anilines is 3. The number of hydrogen-bond acceptors (Lipinski definition) is 1. The summed E-state index contributed by atoms with van der Waals surface area (Å²) in [6.45, 7) is 18.1. The molecular formula is C60H53N. The number of aryl methyl sites for hydroxylation is 2. The molecule has 0 saturated heterocycles. The molecule has 0 amide bonds. The normalized spacial score (nSPS) is 12.3. The molecule has 298 valence electrons. The Labute approximate surface area is 362 Å². The first-order valence-electron chi connectivity index (χ1n) is 21.7. The second-order valence-corrected chi connectivity index (χ2v) is 19.2. The number of para-hydroxylation sites is 1. The van der Waals surface area contributed by atoms with Crippen LogP contribution in [0, 0.1) is 13.8 Å². The molecule has 9 aromatic carbocycles. The molecule has 0 atom stereocenters. The largest absolute Gasteiger partial charge is 0.310 e. The topological polar surface area (TPSA) is 3.24 Å². The second-order valence-electron chi connectivity index (χ2n) is 19.2.